The van der Waals surface area contributed by atoms with Gasteiger partial charge in [-0.15, -0.1) is 0 Å². The zero-order chi connectivity index (χ0) is 46.5. The van der Waals surface area contributed by atoms with E-state index in [-0.39, 0.29) is 54.1 Å². The van der Waals surface area contributed by atoms with Gasteiger partial charge in [0.2, 0.25) is 5.91 Å². The largest absolute Gasteiger partial charge is 0.416 e. The Bertz CT molecular complexity index is 2430. The molecule has 0 aliphatic heterocycles. The fourth-order valence-corrected chi connectivity index (χ4v) is 11.9. The van der Waals surface area contributed by atoms with Crippen molar-refractivity contribution in [2.75, 3.05) is 6.16 Å². The van der Waals surface area contributed by atoms with E-state index in [0.29, 0.717) is 28.3 Å². The molecular weight excluding hydrogens is 883 g/mol. The number of rotatable bonds is 13. The van der Waals surface area contributed by atoms with E-state index in [0.717, 1.165) is 0 Å². The first-order chi connectivity index (χ1) is 30.0. The Morgan fingerprint density at radius 1 is 0.469 bits per heavy atom. The molecule has 334 valence electrons. The van der Waals surface area contributed by atoms with Crippen LogP contribution in [0.4, 0.5) is 52.7 Å². The third-order valence-corrected chi connectivity index (χ3v) is 14.9. The number of benzene rings is 6. The Kier molecular flexibility index (Phi) is 14.0. The summed E-state index contributed by atoms with van der Waals surface area (Å²) in [6, 6.07) is 31.5. The molecule has 2 atom stereocenters. The van der Waals surface area contributed by atoms with Gasteiger partial charge in [-0.1, -0.05) is 97.1 Å². The van der Waals surface area contributed by atoms with Crippen molar-refractivity contribution >= 4 is 29.7 Å². The maximum absolute atomic E-state index is 14.7. The summed E-state index contributed by atoms with van der Waals surface area (Å²) in [5.74, 6) is -2.43. The molecule has 6 aromatic carbocycles. The second-order valence-electron chi connectivity index (χ2n) is 14.9. The summed E-state index contributed by atoms with van der Waals surface area (Å²) in [4.78, 5) is 28.4. The van der Waals surface area contributed by atoms with E-state index in [2.05, 4.69) is 10.6 Å². The van der Waals surface area contributed by atoms with Gasteiger partial charge in [0.05, 0.1) is 58.5 Å². The van der Waals surface area contributed by atoms with Crippen LogP contribution in [0.25, 0.3) is 0 Å². The predicted octanol–water partition coefficient (Wildman–Crippen LogP) is 11.8. The number of alkyl halides is 12. The van der Waals surface area contributed by atoms with E-state index in [1.54, 1.807) is 97.1 Å². The average Bonchev–Trinajstić information content (AvgIpc) is 3.25. The molecule has 2 N–H and O–H groups in total. The van der Waals surface area contributed by atoms with Gasteiger partial charge in [0.25, 0.3) is 5.91 Å². The minimum atomic E-state index is -5.29. The highest BCUT2D eigenvalue weighted by molar-refractivity contribution is 7.88. The predicted molar refractivity (Wildman–Crippen MR) is 219 cm³/mol. The molecule has 0 fully saturated rings. The van der Waals surface area contributed by atoms with Gasteiger partial charge < -0.3 is 10.6 Å². The number of hydrogen-bond donors (Lipinski definition) is 2. The van der Waals surface area contributed by atoms with Crippen LogP contribution in [0, 0.1) is 0 Å². The summed E-state index contributed by atoms with van der Waals surface area (Å²) >= 11 is 0. The van der Waals surface area contributed by atoms with Crippen LogP contribution in [0.1, 0.15) is 55.3 Å². The van der Waals surface area contributed by atoms with Gasteiger partial charge in [0, 0.05) is 5.56 Å². The topological polar surface area (TPSA) is 58.2 Å². The fourth-order valence-electron chi connectivity index (χ4n) is 7.42. The van der Waals surface area contributed by atoms with E-state index in [4.69, 9.17) is 0 Å². The van der Waals surface area contributed by atoms with Gasteiger partial charge in [0.1, 0.15) is 6.04 Å². The van der Waals surface area contributed by atoms with Gasteiger partial charge in [0.15, 0.2) is 0 Å². The van der Waals surface area contributed by atoms with E-state index in [9.17, 15) is 62.3 Å². The maximum atomic E-state index is 14.7. The molecule has 0 bridgehead atoms. The number of halogens is 12. The Morgan fingerprint density at radius 2 is 0.859 bits per heavy atom. The molecule has 0 spiro atoms. The molecule has 4 nitrogen and oxygen atoms in total. The minimum Gasteiger partial charge on any atom is -0.347 e. The molecule has 6 rings (SSSR count). The molecule has 0 aromatic heterocycles. The van der Waals surface area contributed by atoms with Crippen molar-refractivity contribution in [3.8, 4) is 0 Å². The molecule has 0 saturated carbocycles. The number of carbonyl (C=O) groups is 2. The second kappa shape index (κ2) is 18.9. The van der Waals surface area contributed by atoms with Gasteiger partial charge in [-0.05, 0) is 83.8 Å². The second-order valence-corrected chi connectivity index (χ2v) is 18.6. The summed E-state index contributed by atoms with van der Waals surface area (Å²) in [5, 5.41) is 6.30. The Labute approximate surface area is 359 Å². The maximum Gasteiger partial charge on any atom is 0.416 e. The zero-order valence-corrected chi connectivity index (χ0v) is 34.0. The first-order valence-corrected chi connectivity index (χ1v) is 21.5. The molecule has 6 aromatic rings. The van der Waals surface area contributed by atoms with Crippen LogP contribution in [0.2, 0.25) is 0 Å². The molecule has 0 saturated heterocycles. The lowest BCUT2D eigenvalue weighted by molar-refractivity contribution is -0.144. The van der Waals surface area contributed by atoms with Gasteiger partial charge in [-0.2, -0.15) is 52.7 Å². The molecule has 0 unspecified atom stereocenters. The summed E-state index contributed by atoms with van der Waals surface area (Å²) in [7, 11) is -3.29. The van der Waals surface area contributed by atoms with Crippen LogP contribution in [0.3, 0.4) is 0 Å². The molecule has 0 radical (unpaired) electrons. The zero-order valence-electron chi connectivity index (χ0n) is 33.1. The van der Waals surface area contributed by atoms with Crippen LogP contribution >= 0.6 is 7.26 Å². The van der Waals surface area contributed by atoms with E-state index < -0.39 is 83.7 Å². The molecule has 0 heterocycles. The van der Waals surface area contributed by atoms with Gasteiger partial charge >= 0.3 is 24.7 Å². The lowest BCUT2D eigenvalue weighted by Gasteiger charge is -2.33. The smallest absolute Gasteiger partial charge is 0.347 e. The highest BCUT2D eigenvalue weighted by Gasteiger charge is 2.47. The monoisotopic (exact) mass is 919 g/mol. The lowest BCUT2D eigenvalue weighted by Crippen LogP contribution is -2.48. The SMILES string of the molecule is O=C(N[C@H](C(=O)N[C@@H](Cc1ccccc1)C[P+](Cc1cc(C(F)(F)F)cc(C(F)(F)F)c1)(c1ccccc1)c1ccccc1)c1ccccc1)c1cc(C(F)(F)F)cc(C(F)(F)F)c1. The van der Waals surface area contributed by atoms with Crippen molar-refractivity contribution in [2.24, 2.45) is 0 Å². The molecule has 2 amide bonds. The number of amides is 2. The van der Waals surface area contributed by atoms with Crippen LogP contribution in [-0.4, -0.2) is 24.0 Å². The molecule has 0 aliphatic rings. The van der Waals surface area contributed by atoms with Crippen molar-refractivity contribution in [2.45, 2.75) is 49.4 Å². The van der Waals surface area contributed by atoms with Gasteiger partial charge in [-0.25, -0.2) is 0 Å². The first-order valence-electron chi connectivity index (χ1n) is 19.3. The third-order valence-electron chi connectivity index (χ3n) is 10.3. The molecule has 64 heavy (non-hydrogen) atoms. The van der Waals surface area contributed by atoms with E-state index in [1.807, 2.05) is 0 Å². The standard InChI is InChI=1S/C47H35F12N2O2P/c48-44(49,50)34-21-31(22-35(26-34)45(51,52)53)28-64(39-17-9-3-10-18-39,40-19-11-4-12-20-40)29-38(23-30-13-5-1-6-14-30)60-43(63)41(32-15-7-2-8-16-32)61-42(62)33-24-36(46(54,55)56)27-37(25-33)47(57,58)59/h1-22,24-27,38,41H,23,28-29H2,(H-,60,61,62,63)/p+1/t38-,41-/m0/s1. The van der Waals surface area contributed by atoms with Crippen LogP contribution in [0.15, 0.2) is 158 Å². The van der Waals surface area contributed by atoms with E-state index >= 15 is 0 Å². The summed E-state index contributed by atoms with van der Waals surface area (Å²) in [6.45, 7) is 0. The summed E-state index contributed by atoms with van der Waals surface area (Å²) < 4.78 is 168. The van der Waals surface area contributed by atoms with Crippen molar-refractivity contribution in [3.05, 3.63) is 202 Å². The lowest BCUT2D eigenvalue weighted by atomic mass is 10.0. The number of nitrogens with one attached hydrogen (secondary N) is 2. The fraction of sp³-hybridized carbons (Fsp3) is 0.191. The highest BCUT2D eigenvalue weighted by Crippen LogP contribution is 2.60. The third kappa shape index (κ3) is 11.7. The summed E-state index contributed by atoms with van der Waals surface area (Å²) in [6.07, 6.45) is -21.3. The summed E-state index contributed by atoms with van der Waals surface area (Å²) in [5.41, 5.74) is -7.19. The highest BCUT2D eigenvalue weighted by atomic mass is 31.2. The molecule has 17 heteroatoms. The van der Waals surface area contributed by atoms with Crippen LogP contribution in [-0.2, 0) is 42.1 Å². The average molecular weight is 920 g/mol. The minimum absolute atomic E-state index is 0.0163. The van der Waals surface area contributed by atoms with Crippen molar-refractivity contribution < 1.29 is 62.3 Å². The van der Waals surface area contributed by atoms with Crippen molar-refractivity contribution in [3.63, 3.8) is 0 Å². The number of hydrogen-bond acceptors (Lipinski definition) is 2. The quantitative estimate of drug-likeness (QED) is 0.0896. The van der Waals surface area contributed by atoms with Gasteiger partial charge in [-0.3, -0.25) is 9.59 Å². The Morgan fingerprint density at radius 3 is 1.28 bits per heavy atom. The van der Waals surface area contributed by atoms with Crippen molar-refractivity contribution in [1.29, 1.82) is 0 Å². The van der Waals surface area contributed by atoms with Crippen LogP contribution < -0.4 is 21.2 Å². The normalized spacial score (nSPS) is 13.5. The first kappa shape index (κ1) is 47.3. The van der Waals surface area contributed by atoms with Crippen molar-refractivity contribution in [1.82, 2.24) is 10.6 Å². The Hall–Kier alpha value is -6.15. The van der Waals surface area contributed by atoms with Crippen LogP contribution in [0.5, 0.6) is 0 Å². The Balaban J connectivity index is 1.48. The van der Waals surface area contributed by atoms with E-state index in [1.165, 1.54) is 24.3 Å². The molecular formula is C47H36F12N2O2P+. The molecule has 0 aliphatic carbocycles. The number of carbonyl (C=O) groups excluding carboxylic acids is 2.